The number of piperazine rings is 1. The zero-order chi connectivity index (χ0) is 34.3. The Morgan fingerprint density at radius 3 is 2.33 bits per heavy atom. The van der Waals surface area contributed by atoms with E-state index in [9.17, 15) is 18.1 Å². The van der Waals surface area contributed by atoms with E-state index in [0.717, 1.165) is 57.9 Å². The summed E-state index contributed by atoms with van der Waals surface area (Å²) in [4.78, 5) is 12.6. The lowest BCUT2D eigenvalue weighted by Crippen LogP contribution is -2.53. The molecule has 1 aromatic heterocycles. The molecule has 264 valence electrons. The van der Waals surface area contributed by atoms with Crippen molar-refractivity contribution in [2.75, 3.05) is 70.2 Å². The van der Waals surface area contributed by atoms with Crippen molar-refractivity contribution in [2.24, 2.45) is 11.8 Å². The summed E-state index contributed by atoms with van der Waals surface area (Å²) in [5, 5.41) is 10.0. The third-order valence-corrected chi connectivity index (χ3v) is 12.7. The smallest absolute Gasteiger partial charge is 0.210 e. The molecule has 2 fully saturated rings. The van der Waals surface area contributed by atoms with Crippen molar-refractivity contribution in [3.05, 3.63) is 48.7 Å². The molecule has 0 saturated carbocycles. The normalized spacial score (nSPS) is 18.4. The minimum atomic E-state index is -3.93. The monoisotopic (exact) mass is 698 g/mol. The highest BCUT2D eigenvalue weighted by molar-refractivity contribution is 7.91. The van der Waals surface area contributed by atoms with Gasteiger partial charge in [0.15, 0.2) is 4.90 Å². The van der Waals surface area contributed by atoms with Crippen molar-refractivity contribution in [2.45, 2.75) is 80.0 Å². The van der Waals surface area contributed by atoms with Crippen molar-refractivity contribution in [3.8, 4) is 5.75 Å². The highest BCUT2D eigenvalue weighted by atomic mass is 32.2. The Morgan fingerprint density at radius 1 is 0.979 bits per heavy atom. The minimum Gasteiger partial charge on any atom is -0.612 e. The van der Waals surface area contributed by atoms with Crippen molar-refractivity contribution in [1.82, 2.24) is 14.8 Å². The molecule has 3 aromatic rings. The van der Waals surface area contributed by atoms with Crippen LogP contribution >= 0.6 is 0 Å². The summed E-state index contributed by atoms with van der Waals surface area (Å²) in [5.74, 6) is 1.97. The van der Waals surface area contributed by atoms with Crippen LogP contribution in [0, 0.1) is 11.8 Å². The van der Waals surface area contributed by atoms with E-state index in [1.807, 2.05) is 12.1 Å². The molecule has 0 amide bonds. The first-order valence-electron chi connectivity index (χ1n) is 17.6. The fourth-order valence-electron chi connectivity index (χ4n) is 7.03. The summed E-state index contributed by atoms with van der Waals surface area (Å²) in [6.07, 6.45) is 9.61. The van der Waals surface area contributed by atoms with Crippen LogP contribution in [0.5, 0.6) is 5.75 Å². The highest BCUT2D eigenvalue weighted by Gasteiger charge is 2.32. The first-order valence-corrected chi connectivity index (χ1v) is 20.7. The van der Waals surface area contributed by atoms with E-state index in [4.69, 9.17) is 4.74 Å². The van der Waals surface area contributed by atoms with Gasteiger partial charge in [0.2, 0.25) is 9.84 Å². The van der Waals surface area contributed by atoms with Crippen LogP contribution in [0.4, 0.5) is 5.69 Å². The van der Waals surface area contributed by atoms with Gasteiger partial charge in [0.25, 0.3) is 0 Å². The first kappa shape index (κ1) is 36.9. The Bertz CT molecular complexity index is 1570. The van der Waals surface area contributed by atoms with Gasteiger partial charge in [-0.3, -0.25) is 14.8 Å². The number of piperidine rings is 1. The Morgan fingerprint density at radius 2 is 1.69 bits per heavy atom. The second-order valence-electron chi connectivity index (χ2n) is 14.0. The number of pyridine rings is 1. The maximum atomic E-state index is 14.3. The number of sulfone groups is 1. The van der Waals surface area contributed by atoms with Crippen molar-refractivity contribution < 1.29 is 22.8 Å². The number of aliphatic hydroxyl groups is 1. The fraction of sp³-hybridized carbons (Fsp3) is 0.595. The second-order valence-corrected chi connectivity index (χ2v) is 17.3. The molecule has 3 heterocycles. The lowest BCUT2D eigenvalue weighted by Gasteiger charge is -2.43. The van der Waals surface area contributed by atoms with Crippen LogP contribution in [0.1, 0.15) is 59.3 Å². The Kier molecular flexibility index (Phi) is 13.1. The van der Waals surface area contributed by atoms with Gasteiger partial charge in [0, 0.05) is 69.5 Å². The summed E-state index contributed by atoms with van der Waals surface area (Å²) < 4.78 is 47.1. The van der Waals surface area contributed by atoms with Gasteiger partial charge in [-0.2, -0.15) is 0 Å². The van der Waals surface area contributed by atoms with Crippen LogP contribution < -0.4 is 9.64 Å². The van der Waals surface area contributed by atoms with E-state index >= 15 is 0 Å². The molecule has 2 aliphatic heterocycles. The summed E-state index contributed by atoms with van der Waals surface area (Å²) in [7, 11) is -3.93. The lowest BCUT2D eigenvalue weighted by atomic mass is 9.98. The molecule has 1 N–H and O–H groups in total. The van der Waals surface area contributed by atoms with Crippen LogP contribution in [0.15, 0.2) is 63.3 Å². The van der Waals surface area contributed by atoms with Crippen molar-refractivity contribution in [3.63, 3.8) is 0 Å². The molecule has 9 nitrogen and oxygen atoms in total. The number of hydrogen-bond donors (Lipinski definition) is 1. The van der Waals surface area contributed by atoms with E-state index in [1.165, 1.54) is 25.5 Å². The van der Waals surface area contributed by atoms with E-state index in [1.54, 1.807) is 36.6 Å². The molecular weight excluding hydrogens is 645 g/mol. The van der Waals surface area contributed by atoms with Gasteiger partial charge in [-0.05, 0) is 78.7 Å². The zero-order valence-corrected chi connectivity index (χ0v) is 30.8. The summed E-state index contributed by atoms with van der Waals surface area (Å²) in [6, 6.07) is 12.7. The Balaban J connectivity index is 1.34. The van der Waals surface area contributed by atoms with Gasteiger partial charge in [-0.25, -0.2) is 8.42 Å². The van der Waals surface area contributed by atoms with Gasteiger partial charge >= 0.3 is 0 Å². The number of ether oxygens (including phenoxy) is 1. The number of rotatable bonds is 15. The van der Waals surface area contributed by atoms with Gasteiger partial charge < -0.3 is 19.3 Å². The predicted octanol–water partition coefficient (Wildman–Crippen LogP) is 5.62. The maximum absolute atomic E-state index is 14.3. The number of hydrogen-bond acceptors (Lipinski definition) is 9. The average molecular weight is 699 g/mol. The molecule has 2 aromatic carbocycles. The molecular formula is C37H54N4O5S2. The number of benzene rings is 2. The molecule has 0 radical (unpaired) electrons. The molecule has 0 spiro atoms. The molecule has 0 bridgehead atoms. The topological polar surface area (TPSA) is 109 Å². The molecule has 2 atom stereocenters. The van der Waals surface area contributed by atoms with Crippen LogP contribution in [-0.4, -0.2) is 104 Å². The Hall–Kier alpha value is -2.41. The second kappa shape index (κ2) is 17.0. The van der Waals surface area contributed by atoms with Gasteiger partial charge in [0.05, 0.1) is 29.3 Å². The van der Waals surface area contributed by atoms with Gasteiger partial charge in [0.1, 0.15) is 16.9 Å². The van der Waals surface area contributed by atoms with E-state index < -0.39 is 21.0 Å². The Labute approximate surface area is 290 Å². The lowest BCUT2D eigenvalue weighted by molar-refractivity contribution is 0.0747. The van der Waals surface area contributed by atoms with Crippen LogP contribution in [0.3, 0.4) is 0 Å². The SMILES string of the molecule is CC(C)CCCC(C)CCOc1ccc(S(=O)(=O)c2cnc3ccc([S+](C)[O-])cc3c2N2CCC(N3CCN(CCO)CC3)CC2)cc1. The van der Waals surface area contributed by atoms with Crippen molar-refractivity contribution in [1.29, 1.82) is 0 Å². The first-order chi connectivity index (χ1) is 23.1. The number of anilines is 1. The summed E-state index contributed by atoms with van der Waals surface area (Å²) >= 11 is -1.22. The number of nitrogens with zero attached hydrogens (tertiary/aromatic N) is 4. The van der Waals surface area contributed by atoms with Gasteiger partial charge in [-0.1, -0.05) is 40.0 Å². The maximum Gasteiger partial charge on any atom is 0.210 e. The van der Waals surface area contributed by atoms with Gasteiger partial charge in [-0.15, -0.1) is 0 Å². The zero-order valence-electron chi connectivity index (χ0n) is 29.1. The quantitative estimate of drug-likeness (QED) is 0.203. The number of β-amino-alcohol motifs (C(OH)–C–C–N with tert-alkyl or cyclic N) is 1. The molecule has 5 rings (SSSR count). The number of aliphatic hydroxyl groups excluding tert-OH is 1. The van der Waals surface area contributed by atoms with Crippen LogP contribution in [0.25, 0.3) is 10.9 Å². The summed E-state index contributed by atoms with van der Waals surface area (Å²) in [6.45, 7) is 13.6. The third kappa shape index (κ3) is 9.22. The van der Waals surface area contributed by atoms with Crippen LogP contribution in [0.2, 0.25) is 0 Å². The number of aromatic nitrogens is 1. The summed E-state index contributed by atoms with van der Waals surface area (Å²) in [5.41, 5.74) is 1.33. The molecule has 11 heteroatoms. The molecule has 48 heavy (non-hydrogen) atoms. The fourth-order valence-corrected chi connectivity index (χ4v) is 9.00. The largest absolute Gasteiger partial charge is 0.612 e. The van der Waals surface area contributed by atoms with E-state index in [-0.39, 0.29) is 16.4 Å². The average Bonchev–Trinajstić information content (AvgIpc) is 3.08. The van der Waals surface area contributed by atoms with Crippen molar-refractivity contribution >= 4 is 37.6 Å². The molecule has 2 unspecified atom stereocenters. The highest BCUT2D eigenvalue weighted by Crippen LogP contribution is 2.39. The molecule has 2 saturated heterocycles. The molecule has 0 aliphatic carbocycles. The van der Waals surface area contributed by atoms with Crippen LogP contribution in [-0.2, 0) is 21.0 Å². The van der Waals surface area contributed by atoms with E-state index in [2.05, 4.69) is 40.5 Å². The standard InChI is InChI=1S/C37H54N4O5S2/c1-28(2)6-5-7-29(3)16-25-46-31-8-11-33(12-9-31)48(44,45)36-27-38-35-13-10-32(47(4)43)26-34(35)37(36)41-17-14-30(15-18-41)40-21-19-39(20-22-40)23-24-42/h8-13,26-30,42H,5-7,14-25H2,1-4H3. The predicted molar refractivity (Wildman–Crippen MR) is 194 cm³/mol. The minimum absolute atomic E-state index is 0.175. The third-order valence-electron chi connectivity index (χ3n) is 10.0. The molecule has 2 aliphatic rings. The van der Waals surface area contributed by atoms with E-state index in [0.29, 0.717) is 58.9 Å². The number of fused-ring (bicyclic) bond motifs is 1.